The van der Waals surface area contributed by atoms with E-state index in [1.54, 1.807) is 11.3 Å². The maximum Gasteiger partial charge on any atom is 0.140 e. The fourth-order valence-corrected chi connectivity index (χ4v) is 6.94. The van der Waals surface area contributed by atoms with Crippen molar-refractivity contribution < 1.29 is 5.11 Å². The lowest BCUT2D eigenvalue weighted by atomic mass is 9.46. The molecule has 2 heterocycles. The quantitative estimate of drug-likeness (QED) is 0.900. The van der Waals surface area contributed by atoms with Crippen LogP contribution < -0.4 is 0 Å². The Morgan fingerprint density at radius 3 is 2.74 bits per heavy atom. The second-order valence-corrected chi connectivity index (χ2v) is 9.17. The van der Waals surface area contributed by atoms with Gasteiger partial charge in [-0.3, -0.25) is 0 Å². The molecule has 0 spiro atoms. The SMILES string of the molecule is C[C@H](n1ccnc1-c1ccsc1)C12C[C@H]3C[C@@H](CC(O)(C3)C1)C2. The van der Waals surface area contributed by atoms with Gasteiger partial charge in [0.15, 0.2) is 0 Å². The first-order valence-electron chi connectivity index (χ1n) is 8.85. The lowest BCUT2D eigenvalue weighted by Crippen LogP contribution is -2.57. The average molecular weight is 328 g/mol. The first-order chi connectivity index (χ1) is 11.1. The molecule has 2 aromatic rings. The number of nitrogens with zero attached hydrogens (tertiary/aromatic N) is 2. The molecule has 3 atom stereocenters. The van der Waals surface area contributed by atoms with Crippen molar-refractivity contribution in [2.45, 2.75) is 57.1 Å². The first-order valence-corrected chi connectivity index (χ1v) is 9.79. The van der Waals surface area contributed by atoms with E-state index in [-0.39, 0.29) is 11.0 Å². The number of hydrogen-bond donors (Lipinski definition) is 1. The highest BCUT2D eigenvalue weighted by atomic mass is 32.1. The lowest BCUT2D eigenvalue weighted by Gasteiger charge is -2.62. The monoisotopic (exact) mass is 328 g/mol. The van der Waals surface area contributed by atoms with Gasteiger partial charge in [-0.2, -0.15) is 11.3 Å². The minimum Gasteiger partial charge on any atom is -0.390 e. The molecule has 0 aliphatic heterocycles. The Morgan fingerprint density at radius 2 is 2.09 bits per heavy atom. The summed E-state index contributed by atoms with van der Waals surface area (Å²) in [6.45, 7) is 2.36. The first kappa shape index (κ1) is 14.2. The van der Waals surface area contributed by atoms with Crippen molar-refractivity contribution in [3.63, 3.8) is 0 Å². The average Bonchev–Trinajstić information content (AvgIpc) is 3.15. The third kappa shape index (κ3) is 2.07. The van der Waals surface area contributed by atoms with Gasteiger partial charge in [0.05, 0.1) is 5.60 Å². The van der Waals surface area contributed by atoms with Crippen LogP contribution in [0.4, 0.5) is 0 Å². The highest BCUT2D eigenvalue weighted by Gasteiger charge is 2.59. The van der Waals surface area contributed by atoms with Crippen LogP contribution >= 0.6 is 11.3 Å². The van der Waals surface area contributed by atoms with E-state index < -0.39 is 0 Å². The topological polar surface area (TPSA) is 38.0 Å². The van der Waals surface area contributed by atoms with Gasteiger partial charge in [0.25, 0.3) is 0 Å². The van der Waals surface area contributed by atoms with E-state index in [1.807, 2.05) is 6.20 Å². The highest BCUT2D eigenvalue weighted by molar-refractivity contribution is 7.08. The Bertz CT molecular complexity index is 706. The Kier molecular flexibility index (Phi) is 2.91. The summed E-state index contributed by atoms with van der Waals surface area (Å²) in [5, 5.41) is 15.3. The van der Waals surface area contributed by atoms with Crippen molar-refractivity contribution >= 4 is 11.3 Å². The fourth-order valence-electron chi connectivity index (χ4n) is 6.31. The maximum atomic E-state index is 11.0. The van der Waals surface area contributed by atoms with E-state index in [0.717, 1.165) is 36.9 Å². The second-order valence-electron chi connectivity index (χ2n) is 8.39. The van der Waals surface area contributed by atoms with E-state index >= 15 is 0 Å². The van der Waals surface area contributed by atoms with Crippen LogP contribution in [-0.4, -0.2) is 20.3 Å². The van der Waals surface area contributed by atoms with E-state index in [1.165, 1.54) is 24.8 Å². The maximum absolute atomic E-state index is 11.0. The molecule has 1 N–H and O–H groups in total. The lowest BCUT2D eigenvalue weighted by molar-refractivity contribution is -0.176. The molecule has 4 heteroatoms. The second kappa shape index (κ2) is 4.70. The van der Waals surface area contributed by atoms with Gasteiger partial charge in [-0.15, -0.1) is 0 Å². The van der Waals surface area contributed by atoms with Crippen LogP contribution in [0.1, 0.15) is 51.5 Å². The fraction of sp³-hybridized carbons (Fsp3) is 0.632. The Morgan fingerprint density at radius 1 is 1.30 bits per heavy atom. The molecule has 4 saturated carbocycles. The van der Waals surface area contributed by atoms with Crippen molar-refractivity contribution in [2.24, 2.45) is 17.3 Å². The van der Waals surface area contributed by atoms with Gasteiger partial charge in [0.2, 0.25) is 0 Å². The van der Waals surface area contributed by atoms with Crippen molar-refractivity contribution in [2.75, 3.05) is 0 Å². The molecule has 2 aromatic heterocycles. The molecule has 4 fully saturated rings. The molecule has 0 amide bonds. The third-order valence-corrected chi connectivity index (χ3v) is 7.51. The summed E-state index contributed by atoms with van der Waals surface area (Å²) < 4.78 is 2.37. The van der Waals surface area contributed by atoms with Gasteiger partial charge in [-0.1, -0.05) is 0 Å². The molecular weight excluding hydrogens is 304 g/mol. The van der Waals surface area contributed by atoms with Crippen LogP contribution in [-0.2, 0) is 0 Å². The smallest absolute Gasteiger partial charge is 0.140 e. The zero-order valence-corrected chi connectivity index (χ0v) is 14.4. The molecule has 4 bridgehead atoms. The van der Waals surface area contributed by atoms with E-state index in [4.69, 9.17) is 0 Å². The van der Waals surface area contributed by atoms with E-state index in [9.17, 15) is 5.11 Å². The largest absolute Gasteiger partial charge is 0.390 e. The number of rotatable bonds is 3. The van der Waals surface area contributed by atoms with E-state index in [2.05, 4.69) is 39.5 Å². The highest BCUT2D eigenvalue weighted by Crippen LogP contribution is 2.65. The van der Waals surface area contributed by atoms with Crippen LogP contribution in [0.15, 0.2) is 29.2 Å². The van der Waals surface area contributed by atoms with Crippen molar-refractivity contribution in [3.05, 3.63) is 29.2 Å². The molecule has 3 nitrogen and oxygen atoms in total. The Labute approximate surface area is 141 Å². The standard InChI is InChI=1S/C19H24N2OS/c1-13(21-4-3-20-17(21)16-2-5-23-11-16)18-7-14-6-15(8-18)10-19(22,9-14)12-18/h2-5,11,13-15,22H,6-10,12H2,1H3/t13-,14+,15+,18?,19?/m0/s1. The summed E-state index contributed by atoms with van der Waals surface area (Å²) in [4.78, 5) is 4.63. The zero-order valence-electron chi connectivity index (χ0n) is 13.6. The van der Waals surface area contributed by atoms with Crippen molar-refractivity contribution in [3.8, 4) is 11.4 Å². The summed E-state index contributed by atoms with van der Waals surface area (Å²) in [5.41, 5.74) is 1.08. The van der Waals surface area contributed by atoms with E-state index in [0.29, 0.717) is 6.04 Å². The third-order valence-electron chi connectivity index (χ3n) is 6.83. The summed E-state index contributed by atoms with van der Waals surface area (Å²) in [6.07, 6.45) is 11.0. The van der Waals surface area contributed by atoms with Crippen LogP contribution in [0, 0.1) is 17.3 Å². The van der Waals surface area contributed by atoms with Gasteiger partial charge >= 0.3 is 0 Å². The molecule has 122 valence electrons. The molecule has 0 aromatic carbocycles. The number of aliphatic hydroxyl groups is 1. The van der Waals surface area contributed by atoms with Gasteiger partial charge in [-0.05, 0) is 74.1 Å². The zero-order chi connectivity index (χ0) is 15.7. The van der Waals surface area contributed by atoms with Crippen LogP contribution in [0.25, 0.3) is 11.4 Å². The number of thiophene rings is 1. The number of aromatic nitrogens is 2. The van der Waals surface area contributed by atoms with Gasteiger partial charge < -0.3 is 9.67 Å². The van der Waals surface area contributed by atoms with Crippen molar-refractivity contribution in [1.82, 2.24) is 9.55 Å². The van der Waals surface area contributed by atoms with Gasteiger partial charge in [-0.25, -0.2) is 4.98 Å². The molecular formula is C19H24N2OS. The minimum atomic E-state index is -0.387. The summed E-state index contributed by atoms with van der Waals surface area (Å²) in [7, 11) is 0. The molecule has 4 aliphatic carbocycles. The normalized spacial score (nSPS) is 39.7. The summed E-state index contributed by atoms with van der Waals surface area (Å²) in [5.74, 6) is 2.55. The van der Waals surface area contributed by atoms with Gasteiger partial charge in [0, 0.05) is 29.4 Å². The number of imidazole rings is 1. The summed E-state index contributed by atoms with van der Waals surface area (Å²) >= 11 is 1.72. The Balaban J connectivity index is 1.54. The van der Waals surface area contributed by atoms with Gasteiger partial charge in [0.1, 0.15) is 5.82 Å². The minimum absolute atomic E-state index is 0.254. The predicted octanol–water partition coefficient (Wildman–Crippen LogP) is 4.50. The van der Waals surface area contributed by atoms with Crippen LogP contribution in [0.2, 0.25) is 0 Å². The van der Waals surface area contributed by atoms with Crippen LogP contribution in [0.3, 0.4) is 0 Å². The molecule has 0 unspecified atom stereocenters. The molecule has 0 radical (unpaired) electrons. The summed E-state index contributed by atoms with van der Waals surface area (Å²) in [6, 6.07) is 2.56. The van der Waals surface area contributed by atoms with Crippen LogP contribution in [0.5, 0.6) is 0 Å². The predicted molar refractivity (Wildman–Crippen MR) is 92.3 cm³/mol. The molecule has 23 heavy (non-hydrogen) atoms. The molecule has 4 aliphatic rings. The van der Waals surface area contributed by atoms with Crippen molar-refractivity contribution in [1.29, 1.82) is 0 Å². The Hall–Kier alpha value is -1.13. The molecule has 6 rings (SSSR count). The number of hydrogen-bond acceptors (Lipinski definition) is 3. The molecule has 0 saturated heterocycles.